The molecule has 2 N–H and O–H groups in total. The molecule has 0 aliphatic carbocycles. The van der Waals surface area contributed by atoms with Crippen molar-refractivity contribution in [1.29, 1.82) is 0 Å². The molecule has 134 valence electrons. The summed E-state index contributed by atoms with van der Waals surface area (Å²) in [5.41, 5.74) is 2.36. The van der Waals surface area contributed by atoms with E-state index in [4.69, 9.17) is 0 Å². The number of aliphatic hydroxyl groups excluding tert-OH is 1. The first-order chi connectivity index (χ1) is 11.6. The number of benzene rings is 1. The number of aryl methyl sites for hydroxylation is 1. The van der Waals surface area contributed by atoms with E-state index in [1.54, 1.807) is 0 Å². The number of hydrogen-bond donors (Lipinski definition) is 2. The van der Waals surface area contributed by atoms with Crippen LogP contribution in [0, 0.1) is 0 Å². The van der Waals surface area contributed by atoms with Gasteiger partial charge in [0.25, 0.3) is 0 Å². The van der Waals surface area contributed by atoms with Crippen LogP contribution in [0.3, 0.4) is 0 Å². The van der Waals surface area contributed by atoms with Crippen LogP contribution in [-0.4, -0.2) is 41.7 Å². The van der Waals surface area contributed by atoms with Gasteiger partial charge in [-0.05, 0) is 37.3 Å². The van der Waals surface area contributed by atoms with E-state index in [-0.39, 0.29) is 24.6 Å². The lowest BCUT2D eigenvalue weighted by Crippen LogP contribution is -2.39. The third-order valence-electron chi connectivity index (χ3n) is 4.90. The fourth-order valence-corrected chi connectivity index (χ4v) is 3.35. The lowest BCUT2D eigenvalue weighted by molar-refractivity contribution is -0.131. The number of hydrogen-bond acceptors (Lipinski definition) is 3. The van der Waals surface area contributed by atoms with Crippen molar-refractivity contribution in [3.05, 3.63) is 35.4 Å². The summed E-state index contributed by atoms with van der Waals surface area (Å²) in [5, 5.41) is 13.1. The maximum absolute atomic E-state index is 12.5. The van der Waals surface area contributed by atoms with Crippen molar-refractivity contribution in [3.8, 4) is 0 Å². The number of rotatable bonds is 7. The predicted octanol–water partition coefficient (Wildman–Crippen LogP) is 3.05. The monoisotopic (exact) mass is 332 g/mol. The Morgan fingerprint density at radius 1 is 1.17 bits per heavy atom. The van der Waals surface area contributed by atoms with Crippen molar-refractivity contribution in [3.63, 3.8) is 0 Å². The van der Waals surface area contributed by atoms with Crippen molar-refractivity contribution in [2.75, 3.05) is 19.7 Å². The van der Waals surface area contributed by atoms with Gasteiger partial charge in [-0.1, -0.05) is 44.0 Å². The molecular weight excluding hydrogens is 300 g/mol. The largest absolute Gasteiger partial charge is 0.394 e. The number of aliphatic hydroxyl groups is 1. The summed E-state index contributed by atoms with van der Waals surface area (Å²) < 4.78 is 0. The average Bonchev–Trinajstić information content (AvgIpc) is 2.89. The highest BCUT2D eigenvalue weighted by Gasteiger charge is 2.20. The molecule has 1 heterocycles. The van der Waals surface area contributed by atoms with E-state index in [2.05, 4.69) is 36.5 Å². The molecule has 4 heteroatoms. The average molecular weight is 332 g/mol. The van der Waals surface area contributed by atoms with Crippen molar-refractivity contribution in [1.82, 2.24) is 10.2 Å². The minimum Gasteiger partial charge on any atom is -0.394 e. The first kappa shape index (κ1) is 18.9. The van der Waals surface area contributed by atoms with Gasteiger partial charge in [-0.25, -0.2) is 0 Å². The Bertz CT molecular complexity index is 493. The topological polar surface area (TPSA) is 52.6 Å². The highest BCUT2D eigenvalue weighted by Crippen LogP contribution is 2.16. The van der Waals surface area contributed by atoms with E-state index in [0.717, 1.165) is 37.9 Å². The van der Waals surface area contributed by atoms with E-state index in [1.807, 2.05) is 11.8 Å². The maximum atomic E-state index is 12.5. The molecule has 1 fully saturated rings. The molecule has 0 aromatic heterocycles. The highest BCUT2D eigenvalue weighted by molar-refractivity contribution is 5.76. The Hall–Kier alpha value is -1.39. The molecule has 2 unspecified atom stereocenters. The van der Waals surface area contributed by atoms with Gasteiger partial charge < -0.3 is 15.3 Å². The molecule has 0 spiro atoms. The van der Waals surface area contributed by atoms with Crippen LogP contribution in [0.25, 0.3) is 0 Å². The molecule has 1 aliphatic rings. The van der Waals surface area contributed by atoms with E-state index in [1.165, 1.54) is 18.4 Å². The molecule has 1 aromatic carbocycles. The Balaban J connectivity index is 1.88. The molecular formula is C20H32N2O2. The number of amides is 1. The summed E-state index contributed by atoms with van der Waals surface area (Å²) in [7, 11) is 0. The second-order valence-electron chi connectivity index (χ2n) is 6.90. The molecule has 0 radical (unpaired) electrons. The molecule has 0 saturated carbocycles. The molecule has 1 saturated heterocycles. The molecule has 24 heavy (non-hydrogen) atoms. The van der Waals surface area contributed by atoms with Crippen LogP contribution in [0.1, 0.15) is 63.1 Å². The van der Waals surface area contributed by atoms with Gasteiger partial charge in [-0.2, -0.15) is 0 Å². The van der Waals surface area contributed by atoms with E-state index in [0.29, 0.717) is 6.42 Å². The second-order valence-corrected chi connectivity index (χ2v) is 6.90. The Kier molecular flexibility index (Phi) is 7.73. The summed E-state index contributed by atoms with van der Waals surface area (Å²) in [6.45, 7) is 5.99. The fraction of sp³-hybridized carbons (Fsp3) is 0.650. The fourth-order valence-electron chi connectivity index (χ4n) is 3.35. The zero-order valence-corrected chi connectivity index (χ0v) is 15.1. The molecule has 1 amide bonds. The number of nitrogens with zero attached hydrogens (tertiary/aromatic N) is 1. The summed E-state index contributed by atoms with van der Waals surface area (Å²) in [4.78, 5) is 14.5. The Morgan fingerprint density at radius 3 is 2.33 bits per heavy atom. The van der Waals surface area contributed by atoms with E-state index < -0.39 is 0 Å². The molecule has 2 rings (SSSR count). The predicted molar refractivity (Wildman–Crippen MR) is 97.9 cm³/mol. The Morgan fingerprint density at radius 2 is 1.79 bits per heavy atom. The number of nitrogens with one attached hydrogen (secondary N) is 1. The molecule has 1 aliphatic heterocycles. The van der Waals surface area contributed by atoms with Crippen molar-refractivity contribution in [2.24, 2.45) is 0 Å². The maximum Gasteiger partial charge on any atom is 0.224 e. The van der Waals surface area contributed by atoms with E-state index in [9.17, 15) is 9.90 Å². The van der Waals surface area contributed by atoms with Crippen LogP contribution in [0.5, 0.6) is 0 Å². The van der Waals surface area contributed by atoms with Crippen LogP contribution in [0.2, 0.25) is 0 Å². The SMILES string of the molecule is CCc1ccc(C(CO)NC(C)CC(=O)N2CCCCCC2)cc1. The normalized spacial score (nSPS) is 18.0. The van der Waals surface area contributed by atoms with Gasteiger partial charge in [0.15, 0.2) is 0 Å². The minimum absolute atomic E-state index is 0.0354. The van der Waals surface area contributed by atoms with Crippen LogP contribution < -0.4 is 5.32 Å². The lowest BCUT2D eigenvalue weighted by Gasteiger charge is -2.25. The molecule has 1 aromatic rings. The molecule has 2 atom stereocenters. The summed E-state index contributed by atoms with van der Waals surface area (Å²) in [5.74, 6) is 0.231. The first-order valence-electron chi connectivity index (χ1n) is 9.37. The van der Waals surface area contributed by atoms with Crippen molar-refractivity contribution < 1.29 is 9.90 Å². The summed E-state index contributed by atoms with van der Waals surface area (Å²) in [6.07, 6.45) is 6.21. The van der Waals surface area contributed by atoms with Crippen LogP contribution in [0.15, 0.2) is 24.3 Å². The van der Waals surface area contributed by atoms with Gasteiger partial charge >= 0.3 is 0 Å². The van der Waals surface area contributed by atoms with Crippen molar-refractivity contribution >= 4 is 5.91 Å². The van der Waals surface area contributed by atoms with Gasteiger partial charge in [-0.3, -0.25) is 4.79 Å². The van der Waals surface area contributed by atoms with E-state index >= 15 is 0 Å². The molecule has 0 bridgehead atoms. The van der Waals surface area contributed by atoms with Crippen LogP contribution >= 0.6 is 0 Å². The smallest absolute Gasteiger partial charge is 0.224 e. The summed E-state index contributed by atoms with van der Waals surface area (Å²) in [6, 6.07) is 8.26. The zero-order valence-electron chi connectivity index (χ0n) is 15.1. The highest BCUT2D eigenvalue weighted by atomic mass is 16.3. The van der Waals surface area contributed by atoms with Gasteiger partial charge in [0.2, 0.25) is 5.91 Å². The number of carbonyl (C=O) groups excluding carboxylic acids is 1. The second kappa shape index (κ2) is 9.80. The van der Waals surface area contributed by atoms with Gasteiger partial charge in [0.05, 0.1) is 12.6 Å². The third-order valence-corrected chi connectivity index (χ3v) is 4.90. The Labute approximate surface area is 146 Å². The van der Waals surface area contributed by atoms with Crippen LogP contribution in [-0.2, 0) is 11.2 Å². The number of likely N-dealkylation sites (tertiary alicyclic amines) is 1. The zero-order chi connectivity index (χ0) is 17.4. The van der Waals surface area contributed by atoms with Gasteiger partial charge in [-0.15, -0.1) is 0 Å². The standard InChI is InChI=1S/C20H32N2O2/c1-3-17-8-10-18(11-9-17)19(15-23)21-16(2)14-20(24)22-12-6-4-5-7-13-22/h8-11,16,19,21,23H,3-7,12-15H2,1-2H3. The minimum atomic E-state index is -0.122. The first-order valence-corrected chi connectivity index (χ1v) is 9.37. The summed E-state index contributed by atoms with van der Waals surface area (Å²) >= 11 is 0. The lowest BCUT2D eigenvalue weighted by atomic mass is 10.0. The number of carbonyl (C=O) groups is 1. The quantitative estimate of drug-likeness (QED) is 0.807. The third kappa shape index (κ3) is 5.60. The van der Waals surface area contributed by atoms with Crippen molar-refractivity contribution in [2.45, 2.75) is 64.5 Å². The van der Waals surface area contributed by atoms with Gasteiger partial charge in [0.1, 0.15) is 0 Å². The molecule has 4 nitrogen and oxygen atoms in total. The van der Waals surface area contributed by atoms with Crippen LogP contribution in [0.4, 0.5) is 0 Å². The van der Waals surface area contributed by atoms with Gasteiger partial charge in [0, 0.05) is 25.6 Å².